The van der Waals surface area contributed by atoms with E-state index in [1.54, 1.807) is 0 Å². The molecule has 0 N–H and O–H groups in total. The number of thiophene rings is 1. The summed E-state index contributed by atoms with van der Waals surface area (Å²) in [5, 5.41) is 1.00. The van der Waals surface area contributed by atoms with Crippen molar-refractivity contribution < 1.29 is 0 Å². The van der Waals surface area contributed by atoms with Gasteiger partial charge >= 0.3 is 0 Å². The molecule has 1 atom stereocenters. The highest BCUT2D eigenvalue weighted by Crippen LogP contribution is 2.43. The molecule has 0 aliphatic heterocycles. The zero-order valence-corrected chi connectivity index (χ0v) is 14.4. The van der Waals surface area contributed by atoms with Crippen LogP contribution in [0, 0.1) is 0 Å². The summed E-state index contributed by atoms with van der Waals surface area (Å²) in [5.74, 6) is 0. The van der Waals surface area contributed by atoms with Crippen molar-refractivity contribution in [1.29, 1.82) is 0 Å². The largest absolute Gasteiger partial charge is 0.130 e. The molecule has 2 rings (SSSR count). The molecule has 17 heavy (non-hydrogen) atoms. The van der Waals surface area contributed by atoms with Crippen LogP contribution in [0.3, 0.4) is 0 Å². The normalized spacial score (nSPS) is 12.8. The van der Waals surface area contributed by atoms with Gasteiger partial charge in [-0.15, -0.1) is 22.9 Å². The van der Waals surface area contributed by atoms with Gasteiger partial charge in [0.15, 0.2) is 0 Å². The van der Waals surface area contributed by atoms with E-state index in [2.05, 4.69) is 31.9 Å². The molecule has 1 heterocycles. The maximum Gasteiger partial charge on any atom is 0.0943 e. The van der Waals surface area contributed by atoms with Crippen LogP contribution in [0.2, 0.25) is 10.0 Å². The lowest BCUT2D eigenvalue weighted by Gasteiger charge is -2.10. The van der Waals surface area contributed by atoms with E-state index in [1.807, 2.05) is 24.3 Å². The average molecular weight is 435 g/mol. The van der Waals surface area contributed by atoms with Crippen molar-refractivity contribution in [3.63, 3.8) is 0 Å². The van der Waals surface area contributed by atoms with Gasteiger partial charge in [-0.1, -0.05) is 35.3 Å². The van der Waals surface area contributed by atoms with E-state index in [1.165, 1.54) is 11.3 Å². The van der Waals surface area contributed by atoms with Crippen molar-refractivity contribution in [3.8, 4) is 0 Å². The average Bonchev–Trinajstić information content (AvgIpc) is 2.62. The summed E-state index contributed by atoms with van der Waals surface area (Å²) >= 11 is 26.9. The van der Waals surface area contributed by atoms with Crippen LogP contribution in [0.5, 0.6) is 0 Å². The molecule has 0 nitrogen and oxygen atoms in total. The van der Waals surface area contributed by atoms with E-state index in [0.717, 1.165) is 18.7 Å². The first-order valence-corrected chi connectivity index (χ1v) is 8.13. The van der Waals surface area contributed by atoms with Gasteiger partial charge in [-0.05, 0) is 49.6 Å². The number of rotatable bonds is 2. The third kappa shape index (κ3) is 3.02. The summed E-state index contributed by atoms with van der Waals surface area (Å²) in [6.07, 6.45) is 0. The molecule has 0 spiro atoms. The second-order valence-electron chi connectivity index (χ2n) is 3.28. The van der Waals surface area contributed by atoms with Gasteiger partial charge in [0.05, 0.1) is 19.2 Å². The van der Waals surface area contributed by atoms with Crippen LogP contribution in [-0.2, 0) is 0 Å². The molecule has 2 aromatic rings. The van der Waals surface area contributed by atoms with Crippen molar-refractivity contribution in [2.45, 2.75) is 5.38 Å². The maximum absolute atomic E-state index is 6.42. The smallest absolute Gasteiger partial charge is 0.0943 e. The molecule has 0 bridgehead atoms. The standard InChI is InChI=1S/C11H5Br2Cl3S/c12-6-3-1-2-5(9(6)15)10(16)8-4-7(14)11(13)17-8/h1-4,10H. The zero-order valence-electron chi connectivity index (χ0n) is 8.18. The second kappa shape index (κ2) is 5.81. The van der Waals surface area contributed by atoms with Gasteiger partial charge in [-0.3, -0.25) is 0 Å². The summed E-state index contributed by atoms with van der Waals surface area (Å²) in [4.78, 5) is 0.962. The van der Waals surface area contributed by atoms with Gasteiger partial charge in [0.2, 0.25) is 0 Å². The highest BCUT2D eigenvalue weighted by molar-refractivity contribution is 9.11. The Hall–Kier alpha value is 0.750. The van der Waals surface area contributed by atoms with Gasteiger partial charge in [0, 0.05) is 9.35 Å². The third-order valence-electron chi connectivity index (χ3n) is 2.17. The molecule has 1 unspecified atom stereocenters. The Balaban J connectivity index is 2.43. The van der Waals surface area contributed by atoms with E-state index in [9.17, 15) is 0 Å². The summed E-state index contributed by atoms with van der Waals surface area (Å²) in [7, 11) is 0. The quantitative estimate of drug-likeness (QED) is 0.450. The topological polar surface area (TPSA) is 0 Å². The Morgan fingerprint density at radius 2 is 1.88 bits per heavy atom. The molecule has 0 aliphatic rings. The highest BCUT2D eigenvalue weighted by atomic mass is 79.9. The van der Waals surface area contributed by atoms with E-state index < -0.39 is 0 Å². The van der Waals surface area contributed by atoms with Gasteiger partial charge in [0.1, 0.15) is 0 Å². The predicted molar refractivity (Wildman–Crippen MR) is 83.9 cm³/mol. The fourth-order valence-corrected chi connectivity index (χ4v) is 4.15. The first-order valence-electron chi connectivity index (χ1n) is 4.53. The highest BCUT2D eigenvalue weighted by Gasteiger charge is 2.18. The number of benzene rings is 1. The van der Waals surface area contributed by atoms with Crippen molar-refractivity contribution in [1.82, 2.24) is 0 Å². The molecule has 0 amide bonds. The molecule has 90 valence electrons. The summed E-state index contributed by atoms with van der Waals surface area (Å²) < 4.78 is 1.72. The van der Waals surface area contributed by atoms with Gasteiger partial charge < -0.3 is 0 Å². The Bertz CT molecular complexity index is 534. The maximum atomic E-state index is 6.42. The fourth-order valence-electron chi connectivity index (χ4n) is 1.36. The molecule has 0 radical (unpaired) electrons. The minimum absolute atomic E-state index is 0.297. The number of halogens is 5. The van der Waals surface area contributed by atoms with Crippen molar-refractivity contribution in [2.24, 2.45) is 0 Å². The lowest BCUT2D eigenvalue weighted by atomic mass is 10.1. The van der Waals surface area contributed by atoms with E-state index in [4.69, 9.17) is 34.8 Å². The lowest BCUT2D eigenvalue weighted by molar-refractivity contribution is 1.18. The molecule has 1 aromatic carbocycles. The van der Waals surface area contributed by atoms with Crippen LogP contribution in [0.15, 0.2) is 32.5 Å². The van der Waals surface area contributed by atoms with E-state index in [-0.39, 0.29) is 5.38 Å². The van der Waals surface area contributed by atoms with Crippen LogP contribution in [-0.4, -0.2) is 0 Å². The van der Waals surface area contributed by atoms with Gasteiger partial charge in [-0.25, -0.2) is 0 Å². The van der Waals surface area contributed by atoms with Crippen LogP contribution >= 0.6 is 78.0 Å². The molecule has 6 heteroatoms. The summed E-state index contributed by atoms with van der Waals surface area (Å²) in [5.41, 5.74) is 0.869. The Kier molecular flexibility index (Phi) is 4.84. The predicted octanol–water partition coefficient (Wildman–Crippen LogP) is 6.91. The van der Waals surface area contributed by atoms with Crippen molar-refractivity contribution in [3.05, 3.63) is 53.0 Å². The van der Waals surface area contributed by atoms with Crippen molar-refractivity contribution >= 4 is 78.0 Å². The van der Waals surface area contributed by atoms with Crippen molar-refractivity contribution in [2.75, 3.05) is 0 Å². The zero-order chi connectivity index (χ0) is 12.6. The molecular formula is C11H5Br2Cl3S. The van der Waals surface area contributed by atoms with E-state index >= 15 is 0 Å². The number of hydrogen-bond acceptors (Lipinski definition) is 1. The molecule has 0 saturated carbocycles. The van der Waals surface area contributed by atoms with Crippen LogP contribution < -0.4 is 0 Å². The third-order valence-corrected chi connectivity index (χ3v) is 6.62. The molecule has 0 saturated heterocycles. The van der Waals surface area contributed by atoms with Gasteiger partial charge in [-0.2, -0.15) is 0 Å². The second-order valence-corrected chi connectivity index (χ2v) is 7.75. The lowest BCUT2D eigenvalue weighted by Crippen LogP contribution is -1.91. The van der Waals surface area contributed by atoms with E-state index in [0.29, 0.717) is 10.0 Å². The summed E-state index contributed by atoms with van der Waals surface area (Å²) in [6, 6.07) is 7.55. The molecule has 0 aliphatic carbocycles. The Morgan fingerprint density at radius 3 is 2.47 bits per heavy atom. The molecule has 0 fully saturated rings. The number of hydrogen-bond donors (Lipinski definition) is 0. The molecular weight excluding hydrogens is 430 g/mol. The first kappa shape index (κ1) is 14.2. The molecule has 1 aromatic heterocycles. The SMILES string of the molecule is Clc1cc(C(Cl)c2cccc(Br)c2Cl)sc1Br. The van der Waals surface area contributed by atoms with Gasteiger partial charge in [0.25, 0.3) is 0 Å². The van der Waals surface area contributed by atoms with Crippen LogP contribution in [0.1, 0.15) is 15.8 Å². The number of alkyl halides is 1. The summed E-state index contributed by atoms with van der Waals surface area (Å²) in [6.45, 7) is 0. The minimum Gasteiger partial charge on any atom is -0.130 e. The minimum atomic E-state index is -0.297. The first-order chi connectivity index (χ1) is 8.00. The van der Waals surface area contributed by atoms with Crippen LogP contribution in [0.25, 0.3) is 0 Å². The van der Waals surface area contributed by atoms with Crippen LogP contribution in [0.4, 0.5) is 0 Å². The monoisotopic (exact) mass is 432 g/mol. The Labute approximate surface area is 135 Å². The fraction of sp³-hybridized carbons (Fsp3) is 0.0909. The Morgan fingerprint density at radius 1 is 1.18 bits per heavy atom.